The van der Waals surface area contributed by atoms with Crippen LogP contribution in [-0.2, 0) is 11.3 Å². The van der Waals surface area contributed by atoms with E-state index in [1.807, 2.05) is 48.7 Å². The Morgan fingerprint density at radius 3 is 2.90 bits per heavy atom. The number of anilines is 1. The Balaban J connectivity index is 1.56. The van der Waals surface area contributed by atoms with Crippen LogP contribution in [0.15, 0.2) is 45.6 Å². The number of hydrogen-bond donors (Lipinski definition) is 2. The van der Waals surface area contributed by atoms with Gasteiger partial charge < -0.3 is 15.4 Å². The average Bonchev–Trinajstić information content (AvgIpc) is 3.36. The summed E-state index contributed by atoms with van der Waals surface area (Å²) in [5, 5.41) is 9.59. The molecule has 0 aliphatic carbocycles. The van der Waals surface area contributed by atoms with E-state index in [0.717, 1.165) is 16.5 Å². The van der Waals surface area contributed by atoms with Gasteiger partial charge in [0.15, 0.2) is 5.17 Å². The summed E-state index contributed by atoms with van der Waals surface area (Å²) in [6.07, 6.45) is 1.83. The van der Waals surface area contributed by atoms with Gasteiger partial charge in [0.2, 0.25) is 11.8 Å². The third-order valence-corrected chi connectivity index (χ3v) is 5.92. The SMILES string of the molecule is CCOc1nc(NC)nc2ccc(/C=C3\SC(NCc4cccs4)=NC3=O)cc12. The molecule has 29 heavy (non-hydrogen) atoms. The number of fused-ring (bicyclic) bond motifs is 1. The first-order valence-electron chi connectivity index (χ1n) is 9.07. The van der Waals surface area contributed by atoms with Gasteiger partial charge in [-0.25, -0.2) is 4.98 Å². The molecule has 0 fully saturated rings. The van der Waals surface area contributed by atoms with Crippen LogP contribution < -0.4 is 15.4 Å². The third kappa shape index (κ3) is 4.41. The number of nitrogens with one attached hydrogen (secondary N) is 2. The van der Waals surface area contributed by atoms with Gasteiger partial charge in [-0.1, -0.05) is 12.1 Å². The van der Waals surface area contributed by atoms with Crippen molar-refractivity contribution in [1.29, 1.82) is 0 Å². The number of hydrogen-bond acceptors (Lipinski definition) is 8. The van der Waals surface area contributed by atoms with E-state index in [4.69, 9.17) is 4.74 Å². The van der Waals surface area contributed by atoms with Crippen LogP contribution in [0.5, 0.6) is 5.88 Å². The van der Waals surface area contributed by atoms with Crippen LogP contribution in [0, 0.1) is 0 Å². The maximum Gasteiger partial charge on any atom is 0.286 e. The minimum Gasteiger partial charge on any atom is -0.477 e. The molecule has 9 heteroatoms. The Morgan fingerprint density at radius 2 is 2.14 bits per heavy atom. The van der Waals surface area contributed by atoms with Crippen molar-refractivity contribution in [3.63, 3.8) is 0 Å². The lowest BCUT2D eigenvalue weighted by atomic mass is 10.1. The molecule has 3 aromatic rings. The standard InChI is InChI=1S/C20H19N5O2S2/c1-3-27-18-14-9-12(6-7-15(14)23-19(21-2)25-18)10-16-17(26)24-20(29-16)22-11-13-5-4-8-28-13/h4-10H,3,11H2,1-2H3,(H,21,23,25)(H,22,24,26)/b16-10-. The number of amidine groups is 1. The molecule has 0 bridgehead atoms. The molecule has 1 aromatic carbocycles. The number of aliphatic imine (C=N–C) groups is 1. The van der Waals surface area contributed by atoms with Crippen LogP contribution in [0.25, 0.3) is 17.0 Å². The van der Waals surface area contributed by atoms with Gasteiger partial charge in [-0.2, -0.15) is 9.98 Å². The predicted octanol–water partition coefficient (Wildman–Crippen LogP) is 3.89. The van der Waals surface area contributed by atoms with Crippen LogP contribution in [0.2, 0.25) is 0 Å². The number of benzene rings is 1. The highest BCUT2D eigenvalue weighted by molar-refractivity contribution is 8.18. The number of rotatable bonds is 6. The first kappa shape index (κ1) is 19.4. The minimum atomic E-state index is -0.240. The van der Waals surface area contributed by atoms with Crippen molar-refractivity contribution in [2.24, 2.45) is 4.99 Å². The van der Waals surface area contributed by atoms with Gasteiger partial charge >= 0.3 is 0 Å². The van der Waals surface area contributed by atoms with Crippen molar-refractivity contribution in [1.82, 2.24) is 15.3 Å². The van der Waals surface area contributed by atoms with Crippen molar-refractivity contribution in [2.75, 3.05) is 19.0 Å². The lowest BCUT2D eigenvalue weighted by Crippen LogP contribution is -2.17. The molecule has 0 spiro atoms. The molecule has 7 nitrogen and oxygen atoms in total. The van der Waals surface area contributed by atoms with Crippen LogP contribution in [-0.4, -0.2) is 34.7 Å². The van der Waals surface area contributed by atoms with Gasteiger partial charge in [0.1, 0.15) is 0 Å². The molecule has 1 aliphatic rings. The number of ether oxygens (including phenoxy) is 1. The van der Waals surface area contributed by atoms with E-state index in [1.54, 1.807) is 18.4 Å². The summed E-state index contributed by atoms with van der Waals surface area (Å²) in [6.45, 7) is 3.07. The van der Waals surface area contributed by atoms with Crippen molar-refractivity contribution < 1.29 is 9.53 Å². The Kier molecular flexibility index (Phi) is 5.77. The van der Waals surface area contributed by atoms with Gasteiger partial charge in [-0.05, 0) is 53.9 Å². The summed E-state index contributed by atoms with van der Waals surface area (Å²) >= 11 is 3.01. The lowest BCUT2D eigenvalue weighted by Gasteiger charge is -2.09. The smallest absolute Gasteiger partial charge is 0.286 e. The van der Waals surface area contributed by atoms with Crippen LogP contribution in [0.4, 0.5) is 5.95 Å². The number of amides is 1. The summed E-state index contributed by atoms with van der Waals surface area (Å²) < 4.78 is 5.68. The predicted molar refractivity (Wildman–Crippen MR) is 119 cm³/mol. The van der Waals surface area contributed by atoms with E-state index in [9.17, 15) is 4.79 Å². The number of carbonyl (C=O) groups excluding carboxylic acids is 1. The summed E-state index contributed by atoms with van der Waals surface area (Å²) in [5.74, 6) is 0.779. The topological polar surface area (TPSA) is 88.5 Å². The number of carbonyl (C=O) groups is 1. The quantitative estimate of drug-likeness (QED) is 0.579. The number of nitrogens with zero attached hydrogens (tertiary/aromatic N) is 3. The normalized spacial score (nSPS) is 15.0. The fraction of sp³-hybridized carbons (Fsp3) is 0.200. The highest BCUT2D eigenvalue weighted by Gasteiger charge is 2.22. The largest absolute Gasteiger partial charge is 0.477 e. The molecule has 0 saturated heterocycles. The Bertz CT molecular complexity index is 1110. The van der Waals surface area contributed by atoms with Crippen LogP contribution in [0.3, 0.4) is 0 Å². The first-order chi connectivity index (χ1) is 14.2. The van der Waals surface area contributed by atoms with Gasteiger partial charge in [0, 0.05) is 11.9 Å². The van der Waals surface area contributed by atoms with Crippen LogP contribution in [0.1, 0.15) is 17.4 Å². The second kappa shape index (κ2) is 8.62. The van der Waals surface area contributed by atoms with E-state index < -0.39 is 0 Å². The molecule has 1 amide bonds. The first-order valence-corrected chi connectivity index (χ1v) is 10.8. The molecule has 0 radical (unpaired) electrons. The fourth-order valence-corrected chi connectivity index (χ4v) is 4.23. The van der Waals surface area contributed by atoms with E-state index in [2.05, 4.69) is 25.6 Å². The minimum absolute atomic E-state index is 0.240. The lowest BCUT2D eigenvalue weighted by molar-refractivity contribution is -0.113. The van der Waals surface area contributed by atoms with Gasteiger partial charge in [-0.15, -0.1) is 11.3 Å². The zero-order valence-corrected chi connectivity index (χ0v) is 17.6. The number of thioether (sulfide) groups is 1. The highest BCUT2D eigenvalue weighted by atomic mass is 32.2. The third-order valence-electron chi connectivity index (χ3n) is 4.10. The summed E-state index contributed by atoms with van der Waals surface area (Å²) in [5.41, 5.74) is 1.64. The molecular weight excluding hydrogens is 406 g/mol. The van der Waals surface area contributed by atoms with Crippen LogP contribution >= 0.6 is 23.1 Å². The Hall–Kier alpha value is -2.91. The maximum atomic E-state index is 12.3. The van der Waals surface area contributed by atoms with Gasteiger partial charge in [0.25, 0.3) is 5.91 Å². The van der Waals surface area contributed by atoms with Crippen molar-refractivity contribution >= 4 is 57.1 Å². The molecule has 0 atom stereocenters. The zero-order valence-electron chi connectivity index (χ0n) is 15.9. The van der Waals surface area contributed by atoms with Crippen molar-refractivity contribution in [3.8, 4) is 5.88 Å². The highest BCUT2D eigenvalue weighted by Crippen LogP contribution is 2.30. The summed E-state index contributed by atoms with van der Waals surface area (Å²) in [4.78, 5) is 27.0. The van der Waals surface area contributed by atoms with E-state index >= 15 is 0 Å². The number of thiophene rings is 1. The molecule has 0 unspecified atom stereocenters. The van der Waals surface area contributed by atoms with Gasteiger partial charge in [0.05, 0.1) is 29.0 Å². The molecule has 2 aromatic heterocycles. The fourth-order valence-electron chi connectivity index (χ4n) is 2.78. The van der Waals surface area contributed by atoms with Crippen molar-refractivity contribution in [3.05, 3.63) is 51.1 Å². The second-order valence-corrected chi connectivity index (χ2v) is 8.14. The van der Waals surface area contributed by atoms with Crippen molar-refractivity contribution in [2.45, 2.75) is 13.5 Å². The van der Waals surface area contributed by atoms with E-state index in [0.29, 0.717) is 35.1 Å². The molecule has 1 aliphatic heterocycles. The number of aromatic nitrogens is 2. The zero-order chi connectivity index (χ0) is 20.2. The Labute approximate surface area is 176 Å². The molecule has 148 valence electrons. The summed E-state index contributed by atoms with van der Waals surface area (Å²) in [7, 11) is 1.77. The molecule has 2 N–H and O–H groups in total. The molecular formula is C20H19N5O2S2. The average molecular weight is 426 g/mol. The van der Waals surface area contributed by atoms with Gasteiger partial charge in [-0.3, -0.25) is 4.79 Å². The Morgan fingerprint density at radius 1 is 1.24 bits per heavy atom. The monoisotopic (exact) mass is 425 g/mol. The van der Waals surface area contributed by atoms with E-state index in [1.165, 1.54) is 16.6 Å². The molecule has 0 saturated carbocycles. The molecule has 3 heterocycles. The maximum absolute atomic E-state index is 12.3. The second-order valence-electron chi connectivity index (χ2n) is 6.08. The molecule has 4 rings (SSSR count). The summed E-state index contributed by atoms with van der Waals surface area (Å²) in [6, 6.07) is 9.79. The van der Waals surface area contributed by atoms with E-state index in [-0.39, 0.29) is 5.91 Å².